The summed E-state index contributed by atoms with van der Waals surface area (Å²) < 4.78 is 5.59. The number of likely N-dealkylation sites (N-methyl/N-ethyl adjacent to an activating group) is 1. The van der Waals surface area contributed by atoms with Gasteiger partial charge in [0.25, 0.3) is 0 Å². The van der Waals surface area contributed by atoms with Crippen LogP contribution in [-0.4, -0.2) is 24.2 Å². The summed E-state index contributed by atoms with van der Waals surface area (Å²) in [5.41, 5.74) is -0.555. The first-order chi connectivity index (χ1) is 7.56. The lowest BCUT2D eigenvalue weighted by atomic mass is 10.1. The first-order valence-electron chi connectivity index (χ1n) is 6.52. The molecule has 0 aliphatic heterocycles. The Morgan fingerprint density at radius 2 is 1.81 bits per heavy atom. The minimum atomic E-state index is -0.555. The largest absolute Gasteiger partial charge is 0.461 e. The SMILES string of the molecule is CCNC(C)(C)C(=O)OC1CCCCCC1. The van der Waals surface area contributed by atoms with E-state index in [4.69, 9.17) is 4.74 Å². The number of carbonyl (C=O) groups excluding carboxylic acids is 1. The van der Waals surface area contributed by atoms with Gasteiger partial charge in [-0.05, 0) is 46.1 Å². The fraction of sp³-hybridized carbons (Fsp3) is 0.923. The van der Waals surface area contributed by atoms with Gasteiger partial charge in [-0.1, -0.05) is 19.8 Å². The standard InChI is InChI=1S/C13H25NO2/c1-4-14-13(2,3)12(15)16-11-9-7-5-6-8-10-11/h11,14H,4-10H2,1-3H3. The first kappa shape index (κ1) is 13.5. The van der Waals surface area contributed by atoms with Gasteiger partial charge < -0.3 is 10.1 Å². The van der Waals surface area contributed by atoms with Crippen molar-refractivity contribution in [3.63, 3.8) is 0 Å². The van der Waals surface area contributed by atoms with Gasteiger partial charge >= 0.3 is 5.97 Å². The Morgan fingerprint density at radius 3 is 2.31 bits per heavy atom. The van der Waals surface area contributed by atoms with Gasteiger partial charge in [0.2, 0.25) is 0 Å². The maximum absolute atomic E-state index is 12.0. The third-order valence-electron chi connectivity index (χ3n) is 3.20. The third-order valence-corrected chi connectivity index (χ3v) is 3.20. The molecule has 1 N–H and O–H groups in total. The molecule has 0 aromatic rings. The van der Waals surface area contributed by atoms with E-state index in [1.807, 2.05) is 20.8 Å². The van der Waals surface area contributed by atoms with Crippen molar-refractivity contribution in [2.24, 2.45) is 0 Å². The molecule has 0 saturated heterocycles. The average molecular weight is 227 g/mol. The van der Waals surface area contributed by atoms with Crippen molar-refractivity contribution in [2.75, 3.05) is 6.54 Å². The molecule has 1 fully saturated rings. The molecule has 0 atom stereocenters. The molecule has 0 radical (unpaired) electrons. The van der Waals surface area contributed by atoms with E-state index in [1.54, 1.807) is 0 Å². The van der Waals surface area contributed by atoms with Gasteiger partial charge in [0.1, 0.15) is 11.6 Å². The van der Waals surface area contributed by atoms with Crippen molar-refractivity contribution in [2.45, 2.75) is 70.9 Å². The molecule has 0 unspecified atom stereocenters. The van der Waals surface area contributed by atoms with Gasteiger partial charge in [-0.3, -0.25) is 4.79 Å². The average Bonchev–Trinajstić information content (AvgIpc) is 2.46. The van der Waals surface area contributed by atoms with Crippen LogP contribution in [0.25, 0.3) is 0 Å². The molecule has 0 amide bonds. The second-order valence-corrected chi connectivity index (χ2v) is 5.17. The Hall–Kier alpha value is -0.570. The van der Waals surface area contributed by atoms with Crippen LogP contribution >= 0.6 is 0 Å². The molecule has 0 heterocycles. The van der Waals surface area contributed by atoms with Crippen molar-refractivity contribution in [1.29, 1.82) is 0 Å². The second-order valence-electron chi connectivity index (χ2n) is 5.17. The van der Waals surface area contributed by atoms with E-state index in [1.165, 1.54) is 25.7 Å². The van der Waals surface area contributed by atoms with Crippen molar-refractivity contribution in [3.05, 3.63) is 0 Å². The maximum Gasteiger partial charge on any atom is 0.326 e. The second kappa shape index (κ2) is 6.24. The molecule has 3 nitrogen and oxygen atoms in total. The van der Waals surface area contributed by atoms with Crippen LogP contribution in [0.4, 0.5) is 0 Å². The normalized spacial score (nSPS) is 19.2. The van der Waals surface area contributed by atoms with E-state index in [2.05, 4.69) is 5.32 Å². The summed E-state index contributed by atoms with van der Waals surface area (Å²) in [5, 5.41) is 3.15. The Balaban J connectivity index is 2.42. The summed E-state index contributed by atoms with van der Waals surface area (Å²) in [6, 6.07) is 0. The molecule has 1 rings (SSSR count). The molecule has 0 aromatic carbocycles. The molecule has 0 bridgehead atoms. The molecule has 3 heteroatoms. The van der Waals surface area contributed by atoms with Crippen LogP contribution in [0, 0.1) is 0 Å². The van der Waals surface area contributed by atoms with Gasteiger partial charge in [-0.15, -0.1) is 0 Å². The predicted octanol–water partition coefficient (Wildman–Crippen LogP) is 2.64. The van der Waals surface area contributed by atoms with Gasteiger partial charge in [-0.2, -0.15) is 0 Å². The summed E-state index contributed by atoms with van der Waals surface area (Å²) in [6.07, 6.45) is 7.17. The van der Waals surface area contributed by atoms with Crippen LogP contribution in [0.15, 0.2) is 0 Å². The molecule has 1 aliphatic rings. The third kappa shape index (κ3) is 4.12. The van der Waals surface area contributed by atoms with Crippen LogP contribution in [-0.2, 0) is 9.53 Å². The first-order valence-corrected chi connectivity index (χ1v) is 6.52. The molecule has 1 aliphatic carbocycles. The zero-order valence-electron chi connectivity index (χ0n) is 10.8. The molecule has 16 heavy (non-hydrogen) atoms. The van der Waals surface area contributed by atoms with E-state index in [0.29, 0.717) is 0 Å². The van der Waals surface area contributed by atoms with E-state index in [-0.39, 0.29) is 12.1 Å². The zero-order chi connectivity index (χ0) is 12.0. The van der Waals surface area contributed by atoms with Gasteiger partial charge in [0.05, 0.1) is 0 Å². The van der Waals surface area contributed by atoms with E-state index in [0.717, 1.165) is 19.4 Å². The summed E-state index contributed by atoms with van der Waals surface area (Å²) in [5.74, 6) is -0.110. The highest BCUT2D eigenvalue weighted by molar-refractivity contribution is 5.79. The zero-order valence-corrected chi connectivity index (χ0v) is 10.8. The highest BCUT2D eigenvalue weighted by Gasteiger charge is 2.30. The molecule has 0 spiro atoms. The molecule has 1 saturated carbocycles. The summed E-state index contributed by atoms with van der Waals surface area (Å²) in [6.45, 7) is 6.55. The van der Waals surface area contributed by atoms with E-state index in [9.17, 15) is 4.79 Å². The lowest BCUT2D eigenvalue weighted by Gasteiger charge is -2.26. The minimum Gasteiger partial charge on any atom is -0.461 e. The number of hydrogen-bond donors (Lipinski definition) is 1. The van der Waals surface area contributed by atoms with Gasteiger partial charge in [0, 0.05) is 0 Å². The molecular formula is C13H25NO2. The molecular weight excluding hydrogens is 202 g/mol. The van der Waals surface area contributed by atoms with Crippen LogP contribution in [0.3, 0.4) is 0 Å². The number of rotatable bonds is 4. The summed E-state index contributed by atoms with van der Waals surface area (Å²) >= 11 is 0. The number of esters is 1. The topological polar surface area (TPSA) is 38.3 Å². The minimum absolute atomic E-state index is 0.110. The van der Waals surface area contributed by atoms with Crippen molar-refractivity contribution in [3.8, 4) is 0 Å². The van der Waals surface area contributed by atoms with Gasteiger partial charge in [0.15, 0.2) is 0 Å². The Kier molecular flexibility index (Phi) is 5.26. The number of carbonyl (C=O) groups is 1. The maximum atomic E-state index is 12.0. The van der Waals surface area contributed by atoms with E-state index < -0.39 is 5.54 Å². The van der Waals surface area contributed by atoms with Crippen LogP contribution in [0.1, 0.15) is 59.3 Å². The predicted molar refractivity (Wildman–Crippen MR) is 65.3 cm³/mol. The van der Waals surface area contributed by atoms with Crippen LogP contribution in [0.2, 0.25) is 0 Å². The van der Waals surface area contributed by atoms with Gasteiger partial charge in [-0.25, -0.2) is 0 Å². The highest BCUT2D eigenvalue weighted by Crippen LogP contribution is 2.21. The van der Waals surface area contributed by atoms with Crippen LogP contribution in [0.5, 0.6) is 0 Å². The monoisotopic (exact) mass is 227 g/mol. The van der Waals surface area contributed by atoms with E-state index >= 15 is 0 Å². The number of hydrogen-bond acceptors (Lipinski definition) is 3. The highest BCUT2D eigenvalue weighted by atomic mass is 16.5. The number of nitrogens with one attached hydrogen (secondary N) is 1. The quantitative estimate of drug-likeness (QED) is 0.592. The van der Waals surface area contributed by atoms with Crippen molar-refractivity contribution >= 4 is 5.97 Å². The lowest BCUT2D eigenvalue weighted by Crippen LogP contribution is -2.48. The van der Waals surface area contributed by atoms with Crippen LogP contribution < -0.4 is 5.32 Å². The molecule has 0 aromatic heterocycles. The fourth-order valence-electron chi connectivity index (χ4n) is 2.17. The van der Waals surface area contributed by atoms with Crippen molar-refractivity contribution < 1.29 is 9.53 Å². The number of ether oxygens (including phenoxy) is 1. The summed E-state index contributed by atoms with van der Waals surface area (Å²) in [7, 11) is 0. The summed E-state index contributed by atoms with van der Waals surface area (Å²) in [4.78, 5) is 12.0. The fourth-order valence-corrected chi connectivity index (χ4v) is 2.17. The smallest absolute Gasteiger partial charge is 0.326 e. The Labute approximate surface area is 98.9 Å². The van der Waals surface area contributed by atoms with Crippen molar-refractivity contribution in [1.82, 2.24) is 5.32 Å². The lowest BCUT2D eigenvalue weighted by molar-refractivity contribution is -0.156. The molecule has 94 valence electrons. The Bertz CT molecular complexity index is 218. The Morgan fingerprint density at radius 1 is 1.25 bits per heavy atom.